The average Bonchev–Trinajstić information content (AvgIpc) is 2.87. The molecule has 5 heteroatoms. The Balaban J connectivity index is 1.47. The Morgan fingerprint density at radius 3 is 2.61 bits per heavy atom. The van der Waals surface area contributed by atoms with E-state index in [2.05, 4.69) is 46.8 Å². The highest BCUT2D eigenvalue weighted by Gasteiger charge is 2.35. The molecular formula is C28H35N3O2. The molecule has 0 bridgehead atoms. The fourth-order valence-corrected chi connectivity index (χ4v) is 5.38. The standard InChI is InChI=1S/C28H35N3O2/c1-20(22-10-8-11-23(19-22)27(33)29-2)26(32)31-28(15-6-3-7-16-28)17-13-25-24-12-5-4-9-21(24)14-18-30-25/h4-5,8-12,19,25,30H,1,3,6-7,13-18H2,2H3,(H,29,33)(H,31,32). The van der Waals surface area contributed by atoms with Crippen molar-refractivity contribution in [2.24, 2.45) is 0 Å². The highest BCUT2D eigenvalue weighted by Crippen LogP contribution is 2.36. The van der Waals surface area contributed by atoms with Crippen LogP contribution in [0.25, 0.3) is 5.57 Å². The van der Waals surface area contributed by atoms with Gasteiger partial charge >= 0.3 is 0 Å². The van der Waals surface area contributed by atoms with Gasteiger partial charge in [-0.2, -0.15) is 0 Å². The Bertz CT molecular complexity index is 1020. The second kappa shape index (κ2) is 10.3. The maximum Gasteiger partial charge on any atom is 0.251 e. The zero-order valence-electron chi connectivity index (χ0n) is 19.6. The molecule has 1 saturated carbocycles. The molecule has 2 aromatic carbocycles. The van der Waals surface area contributed by atoms with Gasteiger partial charge < -0.3 is 16.0 Å². The summed E-state index contributed by atoms with van der Waals surface area (Å²) in [7, 11) is 1.60. The van der Waals surface area contributed by atoms with Crippen molar-refractivity contribution in [2.45, 2.75) is 62.9 Å². The molecule has 4 rings (SSSR count). The predicted molar refractivity (Wildman–Crippen MR) is 133 cm³/mol. The molecule has 1 heterocycles. The minimum absolute atomic E-state index is 0.136. The maximum atomic E-state index is 13.3. The molecule has 5 nitrogen and oxygen atoms in total. The van der Waals surface area contributed by atoms with E-state index < -0.39 is 0 Å². The van der Waals surface area contributed by atoms with Crippen LogP contribution >= 0.6 is 0 Å². The summed E-state index contributed by atoms with van der Waals surface area (Å²) in [6, 6.07) is 16.1. The van der Waals surface area contributed by atoms with Gasteiger partial charge in [-0.25, -0.2) is 0 Å². The molecule has 33 heavy (non-hydrogen) atoms. The summed E-state index contributed by atoms with van der Waals surface area (Å²) in [6.45, 7) is 5.07. The number of fused-ring (bicyclic) bond motifs is 1. The Labute approximate surface area is 197 Å². The van der Waals surface area contributed by atoms with E-state index >= 15 is 0 Å². The van der Waals surface area contributed by atoms with Crippen molar-refractivity contribution in [3.05, 3.63) is 77.4 Å². The van der Waals surface area contributed by atoms with Crippen molar-refractivity contribution in [1.29, 1.82) is 0 Å². The lowest BCUT2D eigenvalue weighted by atomic mass is 9.76. The Morgan fingerprint density at radius 2 is 1.82 bits per heavy atom. The highest BCUT2D eigenvalue weighted by molar-refractivity contribution is 6.19. The number of hydrogen-bond donors (Lipinski definition) is 3. The third-order valence-electron chi connectivity index (χ3n) is 7.29. The van der Waals surface area contributed by atoms with Crippen LogP contribution < -0.4 is 16.0 Å². The van der Waals surface area contributed by atoms with Gasteiger partial charge in [0.1, 0.15) is 0 Å². The van der Waals surface area contributed by atoms with E-state index in [0.717, 1.165) is 51.5 Å². The fourth-order valence-electron chi connectivity index (χ4n) is 5.38. The van der Waals surface area contributed by atoms with Crippen LogP contribution in [0.5, 0.6) is 0 Å². The monoisotopic (exact) mass is 445 g/mol. The van der Waals surface area contributed by atoms with Crippen molar-refractivity contribution in [3.63, 3.8) is 0 Å². The first-order valence-corrected chi connectivity index (χ1v) is 12.2. The molecule has 0 spiro atoms. The lowest BCUT2D eigenvalue weighted by Gasteiger charge is -2.40. The van der Waals surface area contributed by atoms with E-state index in [9.17, 15) is 9.59 Å². The molecule has 0 saturated heterocycles. The minimum atomic E-state index is -0.204. The largest absolute Gasteiger partial charge is 0.355 e. The van der Waals surface area contributed by atoms with Gasteiger partial charge in [0, 0.05) is 29.8 Å². The number of carbonyl (C=O) groups is 2. The molecule has 2 aliphatic rings. The van der Waals surface area contributed by atoms with Crippen LogP contribution in [0.1, 0.15) is 78.0 Å². The molecule has 2 aromatic rings. The highest BCUT2D eigenvalue weighted by atomic mass is 16.2. The topological polar surface area (TPSA) is 70.2 Å². The lowest BCUT2D eigenvalue weighted by Crippen LogP contribution is -2.50. The van der Waals surface area contributed by atoms with Crippen LogP contribution in [0.15, 0.2) is 55.1 Å². The average molecular weight is 446 g/mol. The Kier molecular flexibility index (Phi) is 7.29. The smallest absolute Gasteiger partial charge is 0.251 e. The summed E-state index contributed by atoms with van der Waals surface area (Å²) >= 11 is 0. The summed E-state index contributed by atoms with van der Waals surface area (Å²) in [5.74, 6) is -0.308. The van der Waals surface area contributed by atoms with Crippen molar-refractivity contribution < 1.29 is 9.59 Å². The second-order valence-electron chi connectivity index (χ2n) is 9.43. The minimum Gasteiger partial charge on any atom is -0.355 e. The third-order valence-corrected chi connectivity index (χ3v) is 7.29. The van der Waals surface area contributed by atoms with Crippen LogP contribution in [-0.2, 0) is 11.2 Å². The fraction of sp³-hybridized carbons (Fsp3) is 0.429. The Morgan fingerprint density at radius 1 is 1.06 bits per heavy atom. The van der Waals surface area contributed by atoms with Gasteiger partial charge in [0.05, 0.1) is 0 Å². The SMILES string of the molecule is C=C(C(=O)NC1(CCC2NCCc3ccccc32)CCCCC1)c1cccc(C(=O)NC)c1. The summed E-state index contributed by atoms with van der Waals surface area (Å²) in [5.41, 5.74) is 4.25. The first-order valence-electron chi connectivity index (χ1n) is 12.2. The van der Waals surface area contributed by atoms with Crippen LogP contribution in [0, 0.1) is 0 Å². The van der Waals surface area contributed by atoms with Gasteiger partial charge in [0.2, 0.25) is 0 Å². The van der Waals surface area contributed by atoms with Crippen LogP contribution in [-0.4, -0.2) is 30.9 Å². The van der Waals surface area contributed by atoms with E-state index in [1.807, 2.05) is 6.07 Å². The quantitative estimate of drug-likeness (QED) is 0.548. The second-order valence-corrected chi connectivity index (χ2v) is 9.43. The third kappa shape index (κ3) is 5.36. The van der Waals surface area contributed by atoms with Gasteiger partial charge in [-0.05, 0) is 67.5 Å². The maximum absolute atomic E-state index is 13.3. The molecule has 1 aliphatic heterocycles. The molecule has 0 radical (unpaired) electrons. The van der Waals surface area contributed by atoms with Crippen molar-refractivity contribution in [2.75, 3.05) is 13.6 Å². The van der Waals surface area contributed by atoms with E-state index in [1.165, 1.54) is 17.5 Å². The molecule has 1 fully saturated rings. The molecule has 0 aromatic heterocycles. The number of amides is 2. The summed E-state index contributed by atoms with van der Waals surface area (Å²) in [4.78, 5) is 25.3. The van der Waals surface area contributed by atoms with Gasteiger partial charge in [0.15, 0.2) is 0 Å². The zero-order chi connectivity index (χ0) is 23.3. The zero-order valence-corrected chi connectivity index (χ0v) is 19.6. The van der Waals surface area contributed by atoms with Crippen LogP contribution in [0.4, 0.5) is 0 Å². The van der Waals surface area contributed by atoms with Gasteiger partial charge in [-0.3, -0.25) is 9.59 Å². The van der Waals surface area contributed by atoms with Crippen LogP contribution in [0.3, 0.4) is 0 Å². The Hall–Kier alpha value is -2.92. The summed E-state index contributed by atoms with van der Waals surface area (Å²) in [6.07, 6.45) is 8.49. The summed E-state index contributed by atoms with van der Waals surface area (Å²) < 4.78 is 0. The van der Waals surface area contributed by atoms with Gasteiger partial charge in [-0.15, -0.1) is 0 Å². The molecule has 3 N–H and O–H groups in total. The van der Waals surface area contributed by atoms with E-state index in [0.29, 0.717) is 22.7 Å². The van der Waals surface area contributed by atoms with E-state index in [-0.39, 0.29) is 17.4 Å². The van der Waals surface area contributed by atoms with Crippen molar-refractivity contribution in [1.82, 2.24) is 16.0 Å². The molecule has 1 aliphatic carbocycles. The van der Waals surface area contributed by atoms with Gasteiger partial charge in [0.25, 0.3) is 11.8 Å². The summed E-state index contributed by atoms with van der Waals surface area (Å²) in [5, 5.41) is 9.71. The normalized spacial score (nSPS) is 19.2. The van der Waals surface area contributed by atoms with E-state index in [1.54, 1.807) is 25.2 Å². The predicted octanol–water partition coefficient (Wildman–Crippen LogP) is 4.55. The number of hydrogen-bond acceptors (Lipinski definition) is 3. The lowest BCUT2D eigenvalue weighted by molar-refractivity contribution is -0.118. The first-order chi connectivity index (χ1) is 16.0. The number of carbonyl (C=O) groups excluding carboxylic acids is 2. The van der Waals surface area contributed by atoms with E-state index in [4.69, 9.17) is 0 Å². The molecular weight excluding hydrogens is 410 g/mol. The molecule has 1 unspecified atom stereocenters. The first kappa shape index (κ1) is 23.2. The van der Waals surface area contributed by atoms with Crippen molar-refractivity contribution in [3.8, 4) is 0 Å². The number of benzene rings is 2. The molecule has 174 valence electrons. The van der Waals surface area contributed by atoms with Crippen LogP contribution in [0.2, 0.25) is 0 Å². The number of rotatable bonds is 7. The van der Waals surface area contributed by atoms with Crippen molar-refractivity contribution >= 4 is 17.4 Å². The molecule has 2 amide bonds. The molecule has 1 atom stereocenters. The number of nitrogens with one attached hydrogen (secondary N) is 3. The van der Waals surface area contributed by atoms with Gasteiger partial charge in [-0.1, -0.05) is 62.2 Å².